The number of ether oxygens (including phenoxy) is 1. The standard InChI is InChI=1S/C12H20N2O/c1-9(2)6-7-10(13)12-11(15-3)5-4-8-14-12/h4-5,8-10H,6-7,13H2,1-3H3. The summed E-state index contributed by atoms with van der Waals surface area (Å²) in [5.74, 6) is 1.46. The Labute approximate surface area is 91.7 Å². The predicted molar refractivity (Wildman–Crippen MR) is 61.8 cm³/mol. The number of pyridine rings is 1. The van der Waals surface area contributed by atoms with Crippen LogP contribution in [0.2, 0.25) is 0 Å². The molecule has 1 aromatic heterocycles. The van der Waals surface area contributed by atoms with E-state index in [2.05, 4.69) is 18.8 Å². The Bertz CT molecular complexity index is 299. The van der Waals surface area contributed by atoms with Crippen molar-refractivity contribution in [3.05, 3.63) is 24.0 Å². The van der Waals surface area contributed by atoms with Gasteiger partial charge in [0.15, 0.2) is 0 Å². The van der Waals surface area contributed by atoms with Gasteiger partial charge in [0.1, 0.15) is 5.75 Å². The van der Waals surface area contributed by atoms with E-state index in [1.165, 1.54) is 0 Å². The zero-order chi connectivity index (χ0) is 11.3. The smallest absolute Gasteiger partial charge is 0.141 e. The van der Waals surface area contributed by atoms with Crippen LogP contribution in [0, 0.1) is 5.92 Å². The molecule has 0 aliphatic heterocycles. The third kappa shape index (κ3) is 3.51. The molecular formula is C12H20N2O. The van der Waals surface area contributed by atoms with Crippen molar-refractivity contribution in [3.63, 3.8) is 0 Å². The van der Waals surface area contributed by atoms with Gasteiger partial charge in [0.25, 0.3) is 0 Å². The van der Waals surface area contributed by atoms with Crippen LogP contribution < -0.4 is 10.5 Å². The fourth-order valence-corrected chi connectivity index (χ4v) is 1.50. The first-order valence-electron chi connectivity index (χ1n) is 5.39. The quantitative estimate of drug-likeness (QED) is 0.808. The highest BCUT2D eigenvalue weighted by Crippen LogP contribution is 2.24. The minimum Gasteiger partial charge on any atom is -0.495 e. The van der Waals surface area contributed by atoms with Crippen molar-refractivity contribution in [2.45, 2.75) is 32.7 Å². The maximum atomic E-state index is 6.08. The molecule has 0 aliphatic rings. The zero-order valence-electron chi connectivity index (χ0n) is 9.73. The monoisotopic (exact) mass is 208 g/mol. The summed E-state index contributed by atoms with van der Waals surface area (Å²) in [5, 5.41) is 0. The van der Waals surface area contributed by atoms with E-state index >= 15 is 0 Å². The van der Waals surface area contributed by atoms with Crippen LogP contribution in [0.3, 0.4) is 0 Å². The summed E-state index contributed by atoms with van der Waals surface area (Å²) in [6, 6.07) is 3.73. The lowest BCUT2D eigenvalue weighted by molar-refractivity contribution is 0.396. The summed E-state index contributed by atoms with van der Waals surface area (Å²) in [6.07, 6.45) is 3.82. The van der Waals surface area contributed by atoms with Crippen LogP contribution in [0.1, 0.15) is 38.4 Å². The predicted octanol–water partition coefficient (Wildman–Crippen LogP) is 2.53. The van der Waals surface area contributed by atoms with Crippen molar-refractivity contribution in [1.82, 2.24) is 4.98 Å². The molecule has 0 spiro atoms. The van der Waals surface area contributed by atoms with Crippen LogP contribution >= 0.6 is 0 Å². The van der Waals surface area contributed by atoms with Crippen molar-refractivity contribution in [2.75, 3.05) is 7.11 Å². The molecule has 0 saturated carbocycles. The van der Waals surface area contributed by atoms with E-state index < -0.39 is 0 Å². The number of rotatable bonds is 5. The van der Waals surface area contributed by atoms with E-state index in [-0.39, 0.29) is 6.04 Å². The van der Waals surface area contributed by atoms with Gasteiger partial charge in [-0.1, -0.05) is 13.8 Å². The van der Waals surface area contributed by atoms with Gasteiger partial charge < -0.3 is 10.5 Å². The van der Waals surface area contributed by atoms with Crippen molar-refractivity contribution < 1.29 is 4.74 Å². The molecule has 0 saturated heterocycles. The van der Waals surface area contributed by atoms with Crippen LogP contribution in [-0.4, -0.2) is 12.1 Å². The molecule has 0 radical (unpaired) electrons. The number of nitrogens with zero attached hydrogens (tertiary/aromatic N) is 1. The Morgan fingerprint density at radius 1 is 1.40 bits per heavy atom. The van der Waals surface area contributed by atoms with Crippen molar-refractivity contribution in [2.24, 2.45) is 11.7 Å². The highest BCUT2D eigenvalue weighted by molar-refractivity contribution is 5.29. The maximum absolute atomic E-state index is 6.08. The lowest BCUT2D eigenvalue weighted by atomic mass is 10.0. The summed E-state index contributed by atoms with van der Waals surface area (Å²) in [6.45, 7) is 4.39. The summed E-state index contributed by atoms with van der Waals surface area (Å²) in [5.41, 5.74) is 6.94. The topological polar surface area (TPSA) is 48.1 Å². The van der Waals surface area contributed by atoms with Gasteiger partial charge >= 0.3 is 0 Å². The second-order valence-electron chi connectivity index (χ2n) is 4.17. The number of aromatic nitrogens is 1. The number of hydrogen-bond donors (Lipinski definition) is 1. The summed E-state index contributed by atoms with van der Waals surface area (Å²) in [4.78, 5) is 4.28. The molecule has 1 unspecified atom stereocenters. The van der Waals surface area contributed by atoms with Crippen LogP contribution in [-0.2, 0) is 0 Å². The lowest BCUT2D eigenvalue weighted by Gasteiger charge is -2.15. The highest BCUT2D eigenvalue weighted by Gasteiger charge is 2.13. The molecule has 0 bridgehead atoms. The van der Waals surface area contributed by atoms with Crippen LogP contribution in [0.5, 0.6) is 5.75 Å². The molecule has 84 valence electrons. The van der Waals surface area contributed by atoms with Gasteiger partial charge in [-0.2, -0.15) is 0 Å². The van der Waals surface area contributed by atoms with Gasteiger partial charge in [-0.05, 0) is 30.9 Å². The first-order valence-corrected chi connectivity index (χ1v) is 5.39. The summed E-state index contributed by atoms with van der Waals surface area (Å²) in [7, 11) is 1.65. The molecule has 0 fully saturated rings. The summed E-state index contributed by atoms with van der Waals surface area (Å²) < 4.78 is 5.23. The molecule has 1 heterocycles. The molecule has 0 aromatic carbocycles. The van der Waals surface area contributed by atoms with Gasteiger partial charge in [-0.3, -0.25) is 4.98 Å². The third-order valence-electron chi connectivity index (χ3n) is 2.43. The van der Waals surface area contributed by atoms with Crippen LogP contribution in [0.4, 0.5) is 0 Å². The number of methoxy groups -OCH3 is 1. The number of hydrogen-bond acceptors (Lipinski definition) is 3. The molecule has 2 N–H and O–H groups in total. The van der Waals surface area contributed by atoms with E-state index in [4.69, 9.17) is 10.5 Å². The van der Waals surface area contributed by atoms with Gasteiger partial charge in [-0.15, -0.1) is 0 Å². The van der Waals surface area contributed by atoms with Gasteiger partial charge in [-0.25, -0.2) is 0 Å². The minimum absolute atomic E-state index is 0.0245. The minimum atomic E-state index is -0.0245. The molecule has 1 rings (SSSR count). The normalized spacial score (nSPS) is 12.9. The van der Waals surface area contributed by atoms with Crippen LogP contribution in [0.15, 0.2) is 18.3 Å². The lowest BCUT2D eigenvalue weighted by Crippen LogP contribution is -2.14. The van der Waals surface area contributed by atoms with E-state index in [9.17, 15) is 0 Å². The fraction of sp³-hybridized carbons (Fsp3) is 0.583. The molecule has 1 aromatic rings. The Kier molecular flexibility index (Phi) is 4.56. The van der Waals surface area contributed by atoms with E-state index in [1.807, 2.05) is 12.1 Å². The van der Waals surface area contributed by atoms with E-state index in [0.717, 1.165) is 24.3 Å². The average molecular weight is 208 g/mol. The SMILES string of the molecule is COc1cccnc1C(N)CCC(C)C. The first kappa shape index (κ1) is 12.0. The Morgan fingerprint density at radius 2 is 2.13 bits per heavy atom. The Morgan fingerprint density at radius 3 is 2.73 bits per heavy atom. The summed E-state index contributed by atoms with van der Waals surface area (Å²) >= 11 is 0. The van der Waals surface area contributed by atoms with Crippen molar-refractivity contribution >= 4 is 0 Å². The van der Waals surface area contributed by atoms with E-state index in [0.29, 0.717) is 5.92 Å². The second kappa shape index (κ2) is 5.71. The molecule has 0 amide bonds. The average Bonchev–Trinajstić information content (AvgIpc) is 2.25. The largest absolute Gasteiger partial charge is 0.495 e. The van der Waals surface area contributed by atoms with Gasteiger partial charge in [0.2, 0.25) is 0 Å². The van der Waals surface area contributed by atoms with Crippen molar-refractivity contribution in [1.29, 1.82) is 0 Å². The molecule has 3 nitrogen and oxygen atoms in total. The molecular weight excluding hydrogens is 188 g/mol. The van der Waals surface area contributed by atoms with Gasteiger partial charge in [0.05, 0.1) is 18.8 Å². The van der Waals surface area contributed by atoms with Crippen LogP contribution in [0.25, 0.3) is 0 Å². The molecule has 3 heteroatoms. The Balaban J connectivity index is 2.68. The Hall–Kier alpha value is -1.09. The van der Waals surface area contributed by atoms with Gasteiger partial charge in [0, 0.05) is 6.20 Å². The van der Waals surface area contributed by atoms with Crippen molar-refractivity contribution in [3.8, 4) is 5.75 Å². The molecule has 1 atom stereocenters. The third-order valence-corrected chi connectivity index (χ3v) is 2.43. The second-order valence-corrected chi connectivity index (χ2v) is 4.17. The van der Waals surface area contributed by atoms with E-state index in [1.54, 1.807) is 13.3 Å². The highest BCUT2D eigenvalue weighted by atomic mass is 16.5. The zero-order valence-corrected chi connectivity index (χ0v) is 9.73. The number of nitrogens with two attached hydrogens (primary N) is 1. The maximum Gasteiger partial charge on any atom is 0.141 e. The fourth-order valence-electron chi connectivity index (χ4n) is 1.50. The molecule has 15 heavy (non-hydrogen) atoms. The first-order chi connectivity index (χ1) is 7.15. The molecule has 0 aliphatic carbocycles.